The largest absolute Gasteiger partial charge is 0.345 e. The van der Waals surface area contributed by atoms with Gasteiger partial charge >= 0.3 is 0 Å². The van der Waals surface area contributed by atoms with Gasteiger partial charge in [0.25, 0.3) is 0 Å². The highest BCUT2D eigenvalue weighted by Crippen LogP contribution is 2.31. The lowest BCUT2D eigenvalue weighted by molar-refractivity contribution is -0.117. The molecule has 3 rings (SSSR count). The maximum absolute atomic E-state index is 12.9. The van der Waals surface area contributed by atoms with Gasteiger partial charge in [-0.2, -0.15) is 0 Å². The molecule has 132 valence electrons. The highest BCUT2D eigenvalue weighted by Gasteiger charge is 2.16. The summed E-state index contributed by atoms with van der Waals surface area (Å²) in [5.41, 5.74) is 2.76. The molecule has 0 spiro atoms. The zero-order valence-corrected chi connectivity index (χ0v) is 15.4. The summed E-state index contributed by atoms with van der Waals surface area (Å²) < 4.78 is 12.9. The van der Waals surface area contributed by atoms with E-state index in [1.807, 2.05) is 44.2 Å². The summed E-state index contributed by atoms with van der Waals surface area (Å²) in [5, 5.41) is 3.90. The Balaban J connectivity index is 1.68. The molecule has 0 radical (unpaired) electrons. The lowest BCUT2D eigenvalue weighted by Gasteiger charge is -2.11. The molecule has 1 amide bonds. The predicted octanol–water partition coefficient (Wildman–Crippen LogP) is 5.15. The van der Waals surface area contributed by atoms with E-state index in [0.29, 0.717) is 0 Å². The number of nitrogens with zero attached hydrogens (tertiary/aromatic N) is 1. The number of carbonyl (C=O) groups is 1. The average molecular weight is 366 g/mol. The van der Waals surface area contributed by atoms with Crippen molar-refractivity contribution in [2.75, 3.05) is 0 Å². The first-order valence-electron chi connectivity index (χ1n) is 8.30. The summed E-state index contributed by atoms with van der Waals surface area (Å²) in [6.07, 6.45) is 3.12. The third-order valence-electron chi connectivity index (χ3n) is 3.90. The Morgan fingerprint density at radius 3 is 2.54 bits per heavy atom. The summed E-state index contributed by atoms with van der Waals surface area (Å²) >= 11 is 1.59. The van der Waals surface area contributed by atoms with Gasteiger partial charge in [0.1, 0.15) is 10.8 Å². The Morgan fingerprint density at radius 2 is 1.85 bits per heavy atom. The van der Waals surface area contributed by atoms with E-state index in [1.165, 1.54) is 18.2 Å². The van der Waals surface area contributed by atoms with Gasteiger partial charge in [-0.25, -0.2) is 9.37 Å². The molecule has 3 aromatic rings. The zero-order chi connectivity index (χ0) is 18.5. The van der Waals surface area contributed by atoms with Crippen molar-refractivity contribution in [2.45, 2.75) is 19.9 Å². The molecular formula is C21H19FN2OS. The van der Waals surface area contributed by atoms with Gasteiger partial charge in [0.05, 0.1) is 16.6 Å². The fourth-order valence-electron chi connectivity index (χ4n) is 2.59. The van der Waals surface area contributed by atoms with Crippen molar-refractivity contribution < 1.29 is 9.18 Å². The minimum atomic E-state index is -0.296. The van der Waals surface area contributed by atoms with E-state index in [9.17, 15) is 9.18 Å². The van der Waals surface area contributed by atoms with Gasteiger partial charge in [-0.3, -0.25) is 4.79 Å². The van der Waals surface area contributed by atoms with Crippen molar-refractivity contribution in [1.82, 2.24) is 10.3 Å². The van der Waals surface area contributed by atoms with Crippen LogP contribution < -0.4 is 5.32 Å². The van der Waals surface area contributed by atoms with Crippen molar-refractivity contribution in [3.63, 3.8) is 0 Å². The number of benzene rings is 2. The Morgan fingerprint density at radius 1 is 1.15 bits per heavy atom. The van der Waals surface area contributed by atoms with Crippen LogP contribution >= 0.6 is 11.3 Å². The third-order valence-corrected chi connectivity index (χ3v) is 5.29. The lowest BCUT2D eigenvalue weighted by Crippen LogP contribution is -2.24. The van der Waals surface area contributed by atoms with Gasteiger partial charge in [0, 0.05) is 11.6 Å². The van der Waals surface area contributed by atoms with Crippen molar-refractivity contribution in [1.29, 1.82) is 0 Å². The average Bonchev–Trinajstić information content (AvgIpc) is 3.04. The fraction of sp³-hybridized carbons (Fsp3) is 0.143. The lowest BCUT2D eigenvalue weighted by atomic mass is 10.2. The van der Waals surface area contributed by atoms with Crippen LogP contribution in [-0.4, -0.2) is 10.9 Å². The van der Waals surface area contributed by atoms with Gasteiger partial charge in [0.2, 0.25) is 5.91 Å². The first-order valence-corrected chi connectivity index (χ1v) is 9.11. The first kappa shape index (κ1) is 18.0. The minimum Gasteiger partial charge on any atom is -0.345 e. The summed E-state index contributed by atoms with van der Waals surface area (Å²) in [6, 6.07) is 15.8. The molecule has 1 N–H and O–H groups in total. The third kappa shape index (κ3) is 4.43. The van der Waals surface area contributed by atoms with Crippen molar-refractivity contribution >= 4 is 23.3 Å². The summed E-state index contributed by atoms with van der Waals surface area (Å²) in [5.74, 6) is -0.494. The second-order valence-electron chi connectivity index (χ2n) is 5.95. The molecule has 0 aliphatic heterocycles. The molecule has 0 saturated carbocycles. The number of amides is 1. The van der Waals surface area contributed by atoms with Crippen molar-refractivity contribution in [3.05, 3.63) is 82.6 Å². The first-order chi connectivity index (χ1) is 12.5. The van der Waals surface area contributed by atoms with Crippen LogP contribution in [0.25, 0.3) is 16.6 Å². The van der Waals surface area contributed by atoms with E-state index < -0.39 is 0 Å². The van der Waals surface area contributed by atoms with E-state index in [2.05, 4.69) is 10.3 Å². The second-order valence-corrected chi connectivity index (χ2v) is 6.98. The van der Waals surface area contributed by atoms with Gasteiger partial charge in [0.15, 0.2) is 0 Å². The molecule has 1 aromatic heterocycles. The molecule has 1 unspecified atom stereocenters. The van der Waals surface area contributed by atoms with E-state index in [4.69, 9.17) is 0 Å². The fourth-order valence-corrected chi connectivity index (χ4v) is 3.66. The van der Waals surface area contributed by atoms with Gasteiger partial charge < -0.3 is 5.32 Å². The van der Waals surface area contributed by atoms with Crippen LogP contribution in [-0.2, 0) is 4.79 Å². The molecule has 0 bridgehead atoms. The number of rotatable bonds is 5. The number of aryl methyl sites for hydroxylation is 1. The Hall–Kier alpha value is -2.79. The topological polar surface area (TPSA) is 42.0 Å². The summed E-state index contributed by atoms with van der Waals surface area (Å²) in [7, 11) is 0. The zero-order valence-electron chi connectivity index (χ0n) is 14.6. The SMILES string of the molecule is Cc1nc(-c2ccccc2)sc1C(C)NC(=O)/C=C/c1ccc(F)cc1. The number of halogens is 1. The van der Waals surface area contributed by atoms with E-state index in [0.717, 1.165) is 26.7 Å². The molecular weight excluding hydrogens is 347 g/mol. The Kier molecular flexibility index (Phi) is 5.58. The second kappa shape index (κ2) is 8.06. The minimum absolute atomic E-state index is 0.143. The molecule has 0 fully saturated rings. The number of hydrogen-bond acceptors (Lipinski definition) is 3. The highest BCUT2D eigenvalue weighted by molar-refractivity contribution is 7.15. The van der Waals surface area contributed by atoms with Crippen LogP contribution in [0.5, 0.6) is 0 Å². The summed E-state index contributed by atoms with van der Waals surface area (Å²) in [4.78, 5) is 17.8. The van der Waals surface area contributed by atoms with Gasteiger partial charge in [-0.1, -0.05) is 42.5 Å². The maximum Gasteiger partial charge on any atom is 0.244 e. The molecule has 26 heavy (non-hydrogen) atoms. The molecule has 5 heteroatoms. The number of carbonyl (C=O) groups excluding carboxylic acids is 1. The van der Waals surface area contributed by atoms with Crippen LogP contribution in [0.3, 0.4) is 0 Å². The number of thiazole rings is 1. The molecule has 3 nitrogen and oxygen atoms in total. The standard InChI is InChI=1S/C21H19FN2OS/c1-14(23-19(25)13-10-16-8-11-18(22)12-9-16)20-15(2)24-21(26-20)17-6-4-3-5-7-17/h3-14H,1-2H3,(H,23,25)/b13-10+. The van der Waals surface area contributed by atoms with Crippen LogP contribution in [0.2, 0.25) is 0 Å². The van der Waals surface area contributed by atoms with E-state index >= 15 is 0 Å². The van der Waals surface area contributed by atoms with Crippen LogP contribution in [0.15, 0.2) is 60.7 Å². The number of nitrogens with one attached hydrogen (secondary N) is 1. The molecule has 0 aliphatic rings. The van der Waals surface area contributed by atoms with E-state index in [-0.39, 0.29) is 17.8 Å². The van der Waals surface area contributed by atoms with Crippen LogP contribution in [0, 0.1) is 12.7 Å². The monoisotopic (exact) mass is 366 g/mol. The van der Waals surface area contributed by atoms with Crippen LogP contribution in [0.1, 0.15) is 29.1 Å². The van der Waals surface area contributed by atoms with Gasteiger partial charge in [-0.15, -0.1) is 11.3 Å². The molecule has 1 heterocycles. The molecule has 0 saturated heterocycles. The maximum atomic E-state index is 12.9. The van der Waals surface area contributed by atoms with Crippen LogP contribution in [0.4, 0.5) is 4.39 Å². The molecule has 2 aromatic carbocycles. The van der Waals surface area contributed by atoms with Crippen molar-refractivity contribution in [3.8, 4) is 10.6 Å². The summed E-state index contributed by atoms with van der Waals surface area (Å²) in [6.45, 7) is 3.90. The Labute approximate surface area is 156 Å². The Bertz CT molecular complexity index is 917. The quantitative estimate of drug-likeness (QED) is 0.635. The predicted molar refractivity (Wildman–Crippen MR) is 104 cm³/mol. The number of aromatic nitrogens is 1. The molecule has 1 atom stereocenters. The number of hydrogen-bond donors (Lipinski definition) is 1. The normalized spacial score (nSPS) is 12.3. The van der Waals surface area contributed by atoms with E-state index in [1.54, 1.807) is 29.5 Å². The highest BCUT2D eigenvalue weighted by atomic mass is 32.1. The smallest absolute Gasteiger partial charge is 0.244 e. The van der Waals surface area contributed by atoms with Crippen molar-refractivity contribution in [2.24, 2.45) is 0 Å². The molecule has 0 aliphatic carbocycles. The van der Waals surface area contributed by atoms with Gasteiger partial charge in [-0.05, 0) is 37.6 Å².